The number of methoxy groups -OCH3 is 1. The van der Waals surface area contributed by atoms with Gasteiger partial charge in [0.1, 0.15) is 11.5 Å². The van der Waals surface area contributed by atoms with Gasteiger partial charge in [0, 0.05) is 34.3 Å². The van der Waals surface area contributed by atoms with Crippen molar-refractivity contribution in [2.75, 3.05) is 7.11 Å². The highest BCUT2D eigenvalue weighted by atomic mass is 35.5. The summed E-state index contributed by atoms with van der Waals surface area (Å²) in [5.74, 6) is -8.98. The number of nitrogens with two attached hydrogens (primary N) is 1. The van der Waals surface area contributed by atoms with Gasteiger partial charge in [0.05, 0.1) is 18.1 Å². The van der Waals surface area contributed by atoms with Gasteiger partial charge in [-0.15, -0.1) is 0 Å². The number of carbonyl (C=O) groups is 2. The SMILES string of the molecule is COc1cc(C(F)(F)[C@@H](C(=O)N2C3CCC2CC(N)C3)N(OC(=O)C(F)(F)F)S(=O)(=O)c2ccc3cc(OC4CCCC4)ccc3c2)ccc1-c1ccc(Cl)cc1. The summed E-state index contributed by atoms with van der Waals surface area (Å²) in [5, 5.41) is 1.11. The quantitative estimate of drug-likeness (QED) is 0.119. The number of ether oxygens (including phenoxy) is 2. The van der Waals surface area contributed by atoms with Gasteiger partial charge in [0.2, 0.25) is 6.04 Å². The molecule has 2 unspecified atom stereocenters. The van der Waals surface area contributed by atoms with Gasteiger partial charge in [-0.05, 0) is 115 Å². The van der Waals surface area contributed by atoms with Crippen LogP contribution in [0, 0.1) is 0 Å². The minimum Gasteiger partial charge on any atom is -0.496 e. The molecule has 0 spiro atoms. The Morgan fingerprint density at radius 3 is 2.12 bits per heavy atom. The van der Waals surface area contributed by atoms with E-state index in [1.54, 1.807) is 36.4 Å². The molecule has 4 aromatic rings. The predicted octanol–water partition coefficient (Wildman–Crippen LogP) is 8.14. The third-order valence-corrected chi connectivity index (χ3v) is 12.7. The highest BCUT2D eigenvalue weighted by Gasteiger charge is 2.60. The van der Waals surface area contributed by atoms with E-state index >= 15 is 8.78 Å². The maximum atomic E-state index is 17.5. The van der Waals surface area contributed by atoms with Gasteiger partial charge >= 0.3 is 18.1 Å². The molecule has 1 amide bonds. The van der Waals surface area contributed by atoms with Gasteiger partial charge in [0.25, 0.3) is 15.9 Å². The number of fused-ring (bicyclic) bond motifs is 3. The molecule has 17 heteroatoms. The molecule has 0 aromatic heterocycles. The second kappa shape index (κ2) is 15.7. The number of hydrogen-bond acceptors (Lipinski definition) is 8. The largest absolute Gasteiger partial charge is 0.496 e. The molecule has 7 rings (SSSR count). The zero-order valence-electron chi connectivity index (χ0n) is 30.6. The number of piperidine rings is 1. The van der Waals surface area contributed by atoms with Crippen LogP contribution in [0.2, 0.25) is 5.02 Å². The number of benzene rings is 4. The number of amides is 1. The van der Waals surface area contributed by atoms with E-state index < -0.39 is 73.1 Å². The van der Waals surface area contributed by atoms with Gasteiger partial charge in [-0.2, -0.15) is 22.0 Å². The summed E-state index contributed by atoms with van der Waals surface area (Å²) >= 11 is 6.02. The van der Waals surface area contributed by atoms with Crippen molar-refractivity contribution in [2.45, 2.75) is 98.6 Å². The van der Waals surface area contributed by atoms with Gasteiger partial charge in [-0.3, -0.25) is 4.79 Å². The summed E-state index contributed by atoms with van der Waals surface area (Å²) in [6.45, 7) is 0. The second-order valence-corrected chi connectivity index (χ2v) is 16.9. The lowest BCUT2D eigenvalue weighted by molar-refractivity contribution is -0.240. The van der Waals surface area contributed by atoms with Crippen LogP contribution in [0.1, 0.15) is 56.9 Å². The van der Waals surface area contributed by atoms with Crippen molar-refractivity contribution in [3.05, 3.63) is 89.4 Å². The number of carbonyl (C=O) groups excluding carboxylic acids is 2. The lowest BCUT2D eigenvalue weighted by Gasteiger charge is -2.42. The Morgan fingerprint density at radius 2 is 1.49 bits per heavy atom. The van der Waals surface area contributed by atoms with Crippen LogP contribution < -0.4 is 15.2 Å². The molecule has 2 bridgehead atoms. The Balaban J connectivity index is 1.35. The van der Waals surface area contributed by atoms with Gasteiger partial charge in [-0.25, -0.2) is 13.2 Å². The molecule has 2 heterocycles. The maximum Gasteiger partial charge on any atom is 0.492 e. The second-order valence-electron chi connectivity index (χ2n) is 14.6. The molecule has 3 fully saturated rings. The number of sulfonamides is 1. The average molecular weight is 836 g/mol. The number of alkyl halides is 5. The summed E-state index contributed by atoms with van der Waals surface area (Å²) in [4.78, 5) is 31.9. The Hall–Kier alpha value is -4.51. The standard InChI is InChI=1S/C40H39ClF5N3O7S/c1-54-35-20-26(10-17-34(35)23-6-11-27(41)12-7-23)39(42,43)36(37(50)48-29-13-14-30(48)22-28(47)21-29)49(56-38(51)40(44,45)46)57(52,53)33-16-9-24-18-32(15-8-25(24)19-33)55-31-4-2-3-5-31/h6-12,15-20,28-31,36H,2-5,13-14,21-22,47H2,1H3/t28?,29?,30?,36-/m1/s1. The molecule has 1 saturated carbocycles. The van der Waals surface area contributed by atoms with Crippen LogP contribution >= 0.6 is 11.6 Å². The molecular formula is C40H39ClF5N3O7S. The first-order chi connectivity index (χ1) is 27.0. The third kappa shape index (κ3) is 8.14. The van der Waals surface area contributed by atoms with Crippen LogP contribution in [0.4, 0.5) is 22.0 Å². The van der Waals surface area contributed by atoms with Crippen molar-refractivity contribution in [3.63, 3.8) is 0 Å². The van der Waals surface area contributed by atoms with Crippen LogP contribution in [-0.2, 0) is 30.4 Å². The zero-order chi connectivity index (χ0) is 40.9. The Morgan fingerprint density at radius 1 is 0.860 bits per heavy atom. The van der Waals surface area contributed by atoms with Crippen LogP contribution in [0.25, 0.3) is 21.9 Å². The summed E-state index contributed by atoms with van der Waals surface area (Å²) < 4.78 is 116. The highest BCUT2D eigenvalue weighted by Crippen LogP contribution is 2.45. The molecule has 1 aliphatic carbocycles. The monoisotopic (exact) mass is 835 g/mol. The van der Waals surface area contributed by atoms with Crippen molar-refractivity contribution >= 4 is 44.3 Å². The maximum absolute atomic E-state index is 17.5. The van der Waals surface area contributed by atoms with Gasteiger partial charge < -0.3 is 24.9 Å². The first-order valence-electron chi connectivity index (χ1n) is 18.4. The van der Waals surface area contributed by atoms with E-state index in [1.165, 1.54) is 25.3 Å². The van der Waals surface area contributed by atoms with Crippen molar-refractivity contribution in [3.8, 4) is 22.6 Å². The van der Waals surface area contributed by atoms with Crippen molar-refractivity contribution < 1.29 is 54.3 Å². The molecule has 3 aliphatic rings. The van der Waals surface area contributed by atoms with E-state index in [2.05, 4.69) is 4.84 Å². The average Bonchev–Trinajstić information content (AvgIpc) is 3.78. The highest BCUT2D eigenvalue weighted by molar-refractivity contribution is 7.89. The molecule has 4 aromatic carbocycles. The number of rotatable bonds is 11. The lowest BCUT2D eigenvalue weighted by Crippen LogP contribution is -2.62. The predicted molar refractivity (Wildman–Crippen MR) is 200 cm³/mol. The first kappa shape index (κ1) is 40.7. The number of nitrogens with zero attached hydrogens (tertiary/aromatic N) is 2. The van der Waals surface area contributed by atoms with E-state index in [9.17, 15) is 31.2 Å². The van der Waals surface area contributed by atoms with E-state index in [4.69, 9.17) is 26.8 Å². The van der Waals surface area contributed by atoms with E-state index in [0.29, 0.717) is 40.1 Å². The smallest absolute Gasteiger partial charge is 0.492 e. The normalized spacial score (nSPS) is 20.9. The van der Waals surface area contributed by atoms with Crippen molar-refractivity contribution in [2.24, 2.45) is 5.73 Å². The minimum atomic E-state index is -5.85. The third-order valence-electron chi connectivity index (χ3n) is 10.9. The van der Waals surface area contributed by atoms with Crippen LogP contribution in [0.5, 0.6) is 11.5 Å². The fraction of sp³-hybridized carbons (Fsp3) is 0.400. The van der Waals surface area contributed by atoms with E-state index in [1.807, 2.05) is 0 Å². The molecular weight excluding hydrogens is 797 g/mol. The summed E-state index contributed by atoms with van der Waals surface area (Å²) in [6, 6.07) is 12.1. The van der Waals surface area contributed by atoms with Gasteiger partial charge in [-0.1, -0.05) is 48.0 Å². The topological polar surface area (TPSA) is 128 Å². The lowest BCUT2D eigenvalue weighted by atomic mass is 9.93. The number of hydrogen-bond donors (Lipinski definition) is 1. The molecule has 304 valence electrons. The summed E-state index contributed by atoms with van der Waals surface area (Å²) in [5.41, 5.74) is 5.97. The van der Waals surface area contributed by atoms with Crippen LogP contribution in [0.15, 0.2) is 83.8 Å². The zero-order valence-corrected chi connectivity index (χ0v) is 32.1. The number of hydroxylamine groups is 1. The molecule has 3 atom stereocenters. The van der Waals surface area contributed by atoms with Crippen molar-refractivity contribution in [1.82, 2.24) is 9.37 Å². The molecule has 2 aliphatic heterocycles. The molecule has 57 heavy (non-hydrogen) atoms. The summed E-state index contributed by atoms with van der Waals surface area (Å²) in [6.07, 6.45) is -1.04. The van der Waals surface area contributed by atoms with Gasteiger partial charge in [0.15, 0.2) is 0 Å². The summed E-state index contributed by atoms with van der Waals surface area (Å²) in [7, 11) is -4.49. The minimum absolute atomic E-state index is 0.00889. The fourth-order valence-electron chi connectivity index (χ4n) is 8.13. The Bertz CT molecular complexity index is 2260. The van der Waals surface area contributed by atoms with Crippen LogP contribution in [-0.4, -0.2) is 73.2 Å². The molecule has 2 N–H and O–H groups in total. The van der Waals surface area contributed by atoms with E-state index in [0.717, 1.165) is 54.8 Å². The Labute approximate surface area is 330 Å². The number of halogens is 6. The van der Waals surface area contributed by atoms with Crippen molar-refractivity contribution in [1.29, 1.82) is 0 Å². The molecule has 2 saturated heterocycles. The first-order valence-corrected chi connectivity index (χ1v) is 20.2. The molecule has 0 radical (unpaired) electrons. The fourth-order valence-corrected chi connectivity index (χ4v) is 9.65. The van der Waals surface area contributed by atoms with E-state index in [-0.39, 0.29) is 30.1 Å². The molecule has 10 nitrogen and oxygen atoms in total. The Kier molecular flexibility index (Phi) is 11.2. The van der Waals surface area contributed by atoms with Crippen LogP contribution in [0.3, 0.4) is 0 Å².